The molecule has 1 unspecified atom stereocenters. The van der Waals surface area contributed by atoms with E-state index in [0.717, 1.165) is 45.9 Å². The van der Waals surface area contributed by atoms with E-state index in [4.69, 9.17) is 0 Å². The zero-order valence-electron chi connectivity index (χ0n) is 12.1. The zero-order chi connectivity index (χ0) is 15.3. The van der Waals surface area contributed by atoms with Crippen LogP contribution in [0.15, 0.2) is 24.3 Å². The predicted octanol–water partition coefficient (Wildman–Crippen LogP) is 3.31. The van der Waals surface area contributed by atoms with Crippen LogP contribution in [-0.4, -0.2) is 25.8 Å². The third-order valence-corrected chi connectivity index (χ3v) is 5.19. The number of carboxylic acids is 1. The van der Waals surface area contributed by atoms with Gasteiger partial charge in [0.05, 0.1) is 15.9 Å². The van der Waals surface area contributed by atoms with Gasteiger partial charge >= 0.3 is 5.97 Å². The van der Waals surface area contributed by atoms with Crippen LogP contribution >= 0.6 is 11.3 Å². The number of carbonyl (C=O) groups is 1. The second-order valence-electron chi connectivity index (χ2n) is 5.80. The number of benzene rings is 1. The lowest BCUT2D eigenvalue weighted by molar-refractivity contribution is 0.0688. The minimum atomic E-state index is -0.954. The molecule has 0 aliphatic heterocycles. The molecule has 0 fully saturated rings. The van der Waals surface area contributed by atoms with Crippen molar-refractivity contribution in [3.63, 3.8) is 0 Å². The number of rotatable bonds is 2. The van der Waals surface area contributed by atoms with E-state index in [0.29, 0.717) is 5.92 Å². The Morgan fingerprint density at radius 3 is 3.00 bits per heavy atom. The van der Waals surface area contributed by atoms with Gasteiger partial charge in [-0.25, -0.2) is 14.5 Å². The second kappa shape index (κ2) is 4.91. The summed E-state index contributed by atoms with van der Waals surface area (Å²) in [4.78, 5) is 16.1. The van der Waals surface area contributed by atoms with Gasteiger partial charge in [0.25, 0.3) is 0 Å². The van der Waals surface area contributed by atoms with E-state index in [2.05, 4.69) is 17.0 Å². The quantitative estimate of drug-likeness (QED) is 0.788. The Labute approximate surface area is 131 Å². The van der Waals surface area contributed by atoms with Gasteiger partial charge in [-0.05, 0) is 37.3 Å². The molecule has 1 aliphatic rings. The lowest BCUT2D eigenvalue weighted by Gasteiger charge is -2.18. The molecule has 4 rings (SSSR count). The fourth-order valence-corrected chi connectivity index (χ4v) is 4.01. The van der Waals surface area contributed by atoms with Crippen molar-refractivity contribution in [1.29, 1.82) is 0 Å². The van der Waals surface area contributed by atoms with Gasteiger partial charge in [0.1, 0.15) is 0 Å². The first-order valence-corrected chi connectivity index (χ1v) is 8.15. The van der Waals surface area contributed by atoms with Crippen LogP contribution in [0.3, 0.4) is 0 Å². The van der Waals surface area contributed by atoms with Crippen molar-refractivity contribution in [1.82, 2.24) is 14.8 Å². The van der Waals surface area contributed by atoms with Gasteiger partial charge in [-0.3, -0.25) is 0 Å². The average molecular weight is 313 g/mol. The summed E-state index contributed by atoms with van der Waals surface area (Å²) >= 11 is 1.55. The molecule has 2 aromatic heterocycles. The second-order valence-corrected chi connectivity index (χ2v) is 6.81. The molecule has 0 amide bonds. The number of fused-ring (bicyclic) bond motifs is 2. The van der Waals surface area contributed by atoms with E-state index in [1.54, 1.807) is 16.0 Å². The van der Waals surface area contributed by atoms with Crippen molar-refractivity contribution in [2.24, 2.45) is 5.92 Å². The molecule has 0 bridgehead atoms. The molecule has 0 spiro atoms. The van der Waals surface area contributed by atoms with Gasteiger partial charge in [-0.15, -0.1) is 0 Å². The molecule has 3 aromatic rings. The third-order valence-electron chi connectivity index (χ3n) is 4.18. The summed E-state index contributed by atoms with van der Waals surface area (Å²) in [6, 6.07) is 7.92. The van der Waals surface area contributed by atoms with E-state index in [9.17, 15) is 9.90 Å². The average Bonchev–Trinajstić information content (AvgIpc) is 3.07. The summed E-state index contributed by atoms with van der Waals surface area (Å²) in [6.45, 7) is 2.16. The number of para-hydroxylation sites is 1. The smallest absolute Gasteiger partial charge is 0.356 e. The monoisotopic (exact) mass is 313 g/mol. The topological polar surface area (TPSA) is 68.0 Å². The van der Waals surface area contributed by atoms with Crippen LogP contribution in [0.1, 0.15) is 35.1 Å². The maximum atomic E-state index is 11.5. The van der Waals surface area contributed by atoms with Crippen molar-refractivity contribution >= 4 is 27.5 Å². The number of aromatic carboxylic acids is 1. The molecule has 1 aliphatic carbocycles. The number of carboxylic acid groups (broad SMARTS) is 1. The minimum absolute atomic E-state index is 0.181. The maximum Gasteiger partial charge on any atom is 0.356 e. The van der Waals surface area contributed by atoms with Crippen LogP contribution in [0, 0.1) is 5.92 Å². The molecule has 1 aromatic carbocycles. The van der Waals surface area contributed by atoms with Crippen LogP contribution in [0.5, 0.6) is 0 Å². The Bertz CT molecular complexity index is 848. The first kappa shape index (κ1) is 13.5. The Morgan fingerprint density at radius 2 is 2.23 bits per heavy atom. The molecule has 1 atom stereocenters. The summed E-state index contributed by atoms with van der Waals surface area (Å²) in [7, 11) is 0. The van der Waals surface area contributed by atoms with E-state index in [-0.39, 0.29) is 5.69 Å². The van der Waals surface area contributed by atoms with Gasteiger partial charge in [0.2, 0.25) is 5.13 Å². The zero-order valence-corrected chi connectivity index (χ0v) is 12.9. The van der Waals surface area contributed by atoms with Crippen molar-refractivity contribution in [3.05, 3.63) is 41.2 Å². The predicted molar refractivity (Wildman–Crippen MR) is 84.9 cm³/mol. The number of hydrogen-bond donors (Lipinski definition) is 1. The summed E-state index contributed by atoms with van der Waals surface area (Å²) in [5, 5.41) is 14.5. The highest BCUT2D eigenvalue weighted by Crippen LogP contribution is 2.32. The fourth-order valence-electron chi connectivity index (χ4n) is 3.07. The molecule has 6 heteroatoms. The molecular weight excluding hydrogens is 298 g/mol. The molecule has 1 N–H and O–H groups in total. The third kappa shape index (κ3) is 2.02. The van der Waals surface area contributed by atoms with Crippen LogP contribution in [0.25, 0.3) is 15.3 Å². The minimum Gasteiger partial charge on any atom is -0.476 e. The highest BCUT2D eigenvalue weighted by Gasteiger charge is 2.28. The highest BCUT2D eigenvalue weighted by molar-refractivity contribution is 7.20. The standard InChI is InChI=1S/C16H15N3O2S/c1-9-6-7-12-10(8-9)14(15(20)21)18-19(12)16-17-11-4-2-3-5-13(11)22-16/h2-5,9H,6-8H2,1H3,(H,20,21). The normalized spacial score (nSPS) is 17.6. The van der Waals surface area contributed by atoms with Gasteiger partial charge in [-0.2, -0.15) is 5.10 Å². The Balaban J connectivity index is 1.91. The van der Waals surface area contributed by atoms with E-state index in [1.807, 2.05) is 24.3 Å². The molecule has 0 radical (unpaired) electrons. The van der Waals surface area contributed by atoms with Crippen molar-refractivity contribution in [2.45, 2.75) is 26.2 Å². The van der Waals surface area contributed by atoms with Crippen LogP contribution in [-0.2, 0) is 12.8 Å². The fraction of sp³-hybridized carbons (Fsp3) is 0.312. The molecule has 0 saturated heterocycles. The Kier molecular flexibility index (Phi) is 3.00. The SMILES string of the molecule is CC1CCc2c(c(C(=O)O)nn2-c2nc3ccccc3s2)C1. The highest BCUT2D eigenvalue weighted by atomic mass is 32.1. The van der Waals surface area contributed by atoms with Crippen LogP contribution < -0.4 is 0 Å². The molecule has 0 saturated carbocycles. The van der Waals surface area contributed by atoms with E-state index < -0.39 is 5.97 Å². The lowest BCUT2D eigenvalue weighted by atomic mass is 9.87. The van der Waals surface area contributed by atoms with Gasteiger partial charge in [0, 0.05) is 5.56 Å². The first-order chi connectivity index (χ1) is 10.6. The van der Waals surface area contributed by atoms with E-state index >= 15 is 0 Å². The summed E-state index contributed by atoms with van der Waals surface area (Å²) in [5.74, 6) is -0.455. The number of aromatic nitrogens is 3. The van der Waals surface area contributed by atoms with Crippen molar-refractivity contribution < 1.29 is 9.90 Å². The number of nitrogens with zero attached hydrogens (tertiary/aromatic N) is 3. The molecule has 5 nitrogen and oxygen atoms in total. The number of thiazole rings is 1. The van der Waals surface area contributed by atoms with Gasteiger partial charge in [-0.1, -0.05) is 30.4 Å². The summed E-state index contributed by atoms with van der Waals surface area (Å²) < 4.78 is 2.83. The van der Waals surface area contributed by atoms with Crippen molar-refractivity contribution in [2.75, 3.05) is 0 Å². The summed E-state index contributed by atoms with van der Waals surface area (Å²) in [5.41, 5.74) is 2.99. The molecule has 22 heavy (non-hydrogen) atoms. The van der Waals surface area contributed by atoms with Crippen molar-refractivity contribution in [3.8, 4) is 5.13 Å². The Morgan fingerprint density at radius 1 is 1.41 bits per heavy atom. The Hall–Kier alpha value is -2.21. The van der Waals surface area contributed by atoms with E-state index in [1.165, 1.54) is 0 Å². The first-order valence-electron chi connectivity index (χ1n) is 7.33. The van der Waals surface area contributed by atoms with Gasteiger partial charge < -0.3 is 5.11 Å². The summed E-state index contributed by atoms with van der Waals surface area (Å²) in [6.07, 6.45) is 2.69. The number of hydrogen-bond acceptors (Lipinski definition) is 4. The molecule has 2 heterocycles. The van der Waals surface area contributed by atoms with Gasteiger partial charge in [0.15, 0.2) is 5.69 Å². The largest absolute Gasteiger partial charge is 0.476 e. The maximum absolute atomic E-state index is 11.5. The van der Waals surface area contributed by atoms with Crippen LogP contribution in [0.4, 0.5) is 0 Å². The molecule has 112 valence electrons. The molecular formula is C16H15N3O2S. The van der Waals surface area contributed by atoms with Crippen LogP contribution in [0.2, 0.25) is 0 Å². The lowest BCUT2D eigenvalue weighted by Crippen LogP contribution is -2.14.